The fourth-order valence-corrected chi connectivity index (χ4v) is 5.27. The van der Waals surface area contributed by atoms with Gasteiger partial charge < -0.3 is 35.2 Å². The Hall–Kier alpha value is -4.35. The highest BCUT2D eigenvalue weighted by Crippen LogP contribution is 2.19. The van der Waals surface area contributed by atoms with Gasteiger partial charge in [0, 0.05) is 39.0 Å². The second-order valence-electron chi connectivity index (χ2n) is 15.0. The normalized spacial score (nSPS) is 11.8. The van der Waals surface area contributed by atoms with Crippen LogP contribution < -0.4 is 16.0 Å². The number of unbranched alkanes of at least 4 members (excludes halogenated alkanes) is 1. The van der Waals surface area contributed by atoms with Gasteiger partial charge in [0.25, 0.3) is 5.91 Å². The van der Waals surface area contributed by atoms with Crippen molar-refractivity contribution in [2.24, 2.45) is 11.8 Å². The summed E-state index contributed by atoms with van der Waals surface area (Å²) in [5.41, 5.74) is 0.751. The van der Waals surface area contributed by atoms with Gasteiger partial charge in [0.05, 0.1) is 6.04 Å². The lowest BCUT2D eigenvalue weighted by Gasteiger charge is -2.27. The van der Waals surface area contributed by atoms with E-state index in [1.54, 1.807) is 24.9 Å². The van der Waals surface area contributed by atoms with Crippen molar-refractivity contribution < 1.29 is 38.3 Å². The zero-order chi connectivity index (χ0) is 46.8. The first kappa shape index (κ1) is 63.8. The third-order valence-electron chi connectivity index (χ3n) is 8.44. The molecule has 3 N–H and O–H groups in total. The summed E-state index contributed by atoms with van der Waals surface area (Å²) in [6.45, 7) is 32.3. The second kappa shape index (κ2) is 43.2. The Morgan fingerprint density at radius 2 is 1.37 bits per heavy atom. The number of benzene rings is 1. The second-order valence-corrected chi connectivity index (χ2v) is 15.0. The average Bonchev–Trinajstić information content (AvgIpc) is 3.21. The topological polar surface area (TPSA) is 168 Å². The summed E-state index contributed by atoms with van der Waals surface area (Å²) in [5.74, 6) is -1.38. The van der Waals surface area contributed by atoms with Gasteiger partial charge in [-0.3, -0.25) is 19.2 Å². The van der Waals surface area contributed by atoms with Gasteiger partial charge in [0.15, 0.2) is 0 Å². The van der Waals surface area contributed by atoms with Crippen molar-refractivity contribution in [2.45, 2.75) is 178 Å². The molecule has 0 saturated heterocycles. The maximum Gasteiger partial charge on any atom is 0.407 e. The number of carbonyl (C=O) groups excluding carboxylic acids is 7. The van der Waals surface area contributed by atoms with Gasteiger partial charge in [-0.15, -0.1) is 6.58 Å². The van der Waals surface area contributed by atoms with E-state index in [4.69, 9.17) is 14.3 Å². The van der Waals surface area contributed by atoms with E-state index in [9.17, 15) is 24.0 Å². The maximum absolute atomic E-state index is 12.6. The molecule has 0 aliphatic rings. The van der Waals surface area contributed by atoms with Crippen LogP contribution in [0.1, 0.15) is 159 Å². The average molecular weight is 835 g/mol. The van der Waals surface area contributed by atoms with Crippen molar-refractivity contribution in [3.8, 4) is 0 Å². The molecule has 342 valence electrons. The first-order chi connectivity index (χ1) is 28.0. The summed E-state index contributed by atoms with van der Waals surface area (Å²) in [5, 5.41) is 8.37. The fraction of sp³-hybridized carbons (Fsp3) is 0.681. The van der Waals surface area contributed by atoms with E-state index in [1.807, 2.05) is 78.5 Å². The lowest BCUT2D eigenvalue weighted by Crippen LogP contribution is -2.49. The number of ether oxygens (including phenoxy) is 1. The van der Waals surface area contributed by atoms with Crippen LogP contribution in [0.25, 0.3) is 0 Å². The number of allylic oxidation sites excluding steroid dienone is 1. The molecule has 1 aromatic carbocycles. The van der Waals surface area contributed by atoms with E-state index >= 15 is 0 Å². The Labute approximate surface area is 359 Å². The molecule has 0 saturated carbocycles. The largest absolute Gasteiger partial charge is 0.444 e. The Bertz CT molecular complexity index is 1200. The smallest absolute Gasteiger partial charge is 0.407 e. The highest BCUT2D eigenvalue weighted by molar-refractivity contribution is 6.38. The summed E-state index contributed by atoms with van der Waals surface area (Å²) >= 11 is 0. The van der Waals surface area contributed by atoms with Crippen LogP contribution in [-0.4, -0.2) is 85.9 Å². The third-order valence-corrected chi connectivity index (χ3v) is 8.44. The number of rotatable bonds is 22. The molecule has 12 nitrogen and oxygen atoms in total. The SMILES string of the molecule is C=CCCC(NC(=O)C(C)CCCN(C)C(C)=O)C(=O)C(=O)NCCCc1ccccc1.C=O.C=O.CC.CCC.CCCCC(CCC)C(C)NC(=O)OC(C)(C)C. The molecule has 1 rings (SSSR count). The molecule has 0 aliphatic heterocycles. The molecule has 4 amide bonds. The zero-order valence-corrected chi connectivity index (χ0v) is 39.5. The minimum atomic E-state index is -0.878. The predicted octanol–water partition coefficient (Wildman–Crippen LogP) is 9.23. The highest BCUT2D eigenvalue weighted by atomic mass is 16.6. The summed E-state index contributed by atoms with van der Waals surface area (Å²) in [7, 11) is 1.72. The van der Waals surface area contributed by atoms with Gasteiger partial charge in [-0.2, -0.15) is 0 Å². The Kier molecular flexibility index (Phi) is 46.8. The van der Waals surface area contributed by atoms with Crippen LogP contribution in [-0.2, 0) is 39.9 Å². The van der Waals surface area contributed by atoms with Crippen molar-refractivity contribution >= 4 is 43.2 Å². The van der Waals surface area contributed by atoms with E-state index in [0.29, 0.717) is 44.7 Å². The number of ketones is 1. The number of amides is 4. The fourth-order valence-electron chi connectivity index (χ4n) is 5.27. The van der Waals surface area contributed by atoms with Crippen LogP contribution in [0.4, 0.5) is 4.79 Å². The van der Waals surface area contributed by atoms with E-state index in [0.717, 1.165) is 25.7 Å². The Morgan fingerprint density at radius 1 is 0.814 bits per heavy atom. The Balaban J connectivity index is -0.000000304. The van der Waals surface area contributed by atoms with Gasteiger partial charge in [-0.05, 0) is 90.5 Å². The molecular formula is C47H86N4O8. The number of alkyl carbamates (subject to hydrolysis) is 1. The quantitative estimate of drug-likeness (QED) is 0.0590. The molecule has 59 heavy (non-hydrogen) atoms. The summed E-state index contributed by atoms with van der Waals surface area (Å²) in [4.78, 5) is 78.1. The molecule has 0 aliphatic carbocycles. The molecule has 1 aromatic rings. The first-order valence-corrected chi connectivity index (χ1v) is 21.5. The predicted molar refractivity (Wildman–Crippen MR) is 244 cm³/mol. The molecule has 0 bridgehead atoms. The van der Waals surface area contributed by atoms with Crippen LogP contribution in [0.3, 0.4) is 0 Å². The van der Waals surface area contributed by atoms with Crippen LogP contribution in [0.15, 0.2) is 43.0 Å². The van der Waals surface area contributed by atoms with Crippen LogP contribution >= 0.6 is 0 Å². The lowest BCUT2D eigenvalue weighted by molar-refractivity contribution is -0.140. The van der Waals surface area contributed by atoms with E-state index in [1.165, 1.54) is 38.2 Å². The van der Waals surface area contributed by atoms with E-state index < -0.39 is 23.3 Å². The number of carbonyl (C=O) groups is 7. The molecule has 0 spiro atoms. The number of aryl methyl sites for hydroxylation is 1. The lowest BCUT2D eigenvalue weighted by atomic mass is 9.91. The van der Waals surface area contributed by atoms with Crippen molar-refractivity contribution in [1.29, 1.82) is 0 Å². The van der Waals surface area contributed by atoms with E-state index in [-0.39, 0.29) is 29.9 Å². The highest BCUT2D eigenvalue weighted by Gasteiger charge is 2.28. The number of nitrogens with one attached hydrogen (secondary N) is 3. The standard InChI is InChI=1S/C25H37N3O4.C15H31NO2.C3H8.C2H6.2CH2O/c1-5-6-16-22(27-24(31)19(2)12-11-18-28(4)20(3)29)23(30)25(32)26-17-10-15-21-13-8-7-9-14-21;1-7-9-11-13(10-8-2)12(3)16-14(17)18-15(4,5)6;1-3-2;3*1-2/h5,7-9,13-14,19,22H,1,6,10-12,15-18H2,2-4H3,(H,26,32)(H,27,31);12-13H,7-11H2,1-6H3,(H,16,17);3H2,1-2H3;1-2H3;2*1H2. The van der Waals surface area contributed by atoms with Gasteiger partial charge >= 0.3 is 6.09 Å². The number of hydrogen-bond acceptors (Lipinski definition) is 8. The Morgan fingerprint density at radius 3 is 1.85 bits per heavy atom. The van der Waals surface area contributed by atoms with Crippen molar-refractivity contribution in [3.05, 3.63) is 48.6 Å². The first-order valence-electron chi connectivity index (χ1n) is 21.5. The van der Waals surface area contributed by atoms with Crippen LogP contribution in [0, 0.1) is 11.8 Å². The molecule has 0 heterocycles. The zero-order valence-electron chi connectivity index (χ0n) is 39.5. The number of nitrogens with zero attached hydrogens (tertiary/aromatic N) is 1. The minimum absolute atomic E-state index is 0.0213. The maximum atomic E-state index is 12.6. The van der Waals surface area contributed by atoms with E-state index in [2.05, 4.69) is 57.1 Å². The van der Waals surface area contributed by atoms with Crippen molar-refractivity contribution in [1.82, 2.24) is 20.9 Å². The van der Waals surface area contributed by atoms with Crippen molar-refractivity contribution in [3.63, 3.8) is 0 Å². The summed E-state index contributed by atoms with van der Waals surface area (Å²) < 4.78 is 5.29. The minimum Gasteiger partial charge on any atom is -0.444 e. The molecule has 4 atom stereocenters. The molecule has 0 aromatic heterocycles. The van der Waals surface area contributed by atoms with Crippen LogP contribution in [0.5, 0.6) is 0 Å². The molecule has 0 radical (unpaired) electrons. The third kappa shape index (κ3) is 38.9. The molecule has 12 heteroatoms. The summed E-state index contributed by atoms with van der Waals surface area (Å²) in [6, 6.07) is 9.23. The molecule has 0 fully saturated rings. The van der Waals surface area contributed by atoms with Gasteiger partial charge in [-0.25, -0.2) is 4.79 Å². The number of hydrogen-bond donors (Lipinski definition) is 3. The van der Waals surface area contributed by atoms with Gasteiger partial charge in [-0.1, -0.05) is 111 Å². The van der Waals surface area contributed by atoms with Crippen molar-refractivity contribution in [2.75, 3.05) is 20.1 Å². The molecular weight excluding hydrogens is 749 g/mol. The van der Waals surface area contributed by atoms with Gasteiger partial charge in [0.1, 0.15) is 19.2 Å². The monoisotopic (exact) mass is 835 g/mol. The van der Waals surface area contributed by atoms with Crippen LogP contribution in [0.2, 0.25) is 0 Å². The number of Topliss-reactive ketones (excluding diaryl/α,β-unsaturated/α-hetero) is 1. The van der Waals surface area contributed by atoms with Gasteiger partial charge in [0.2, 0.25) is 17.6 Å². The summed E-state index contributed by atoms with van der Waals surface area (Å²) in [6.07, 6.45) is 12.2. The molecule has 4 unspecified atom stereocenters.